The zero-order valence-corrected chi connectivity index (χ0v) is 11.0. The van der Waals surface area contributed by atoms with Crippen LogP contribution < -0.4 is 4.74 Å². The topological polar surface area (TPSA) is 45.9 Å². The molecular weight excluding hydrogens is 243 g/mol. The highest BCUT2D eigenvalue weighted by Gasteiger charge is 2.13. The molecule has 96 valence electrons. The zero-order chi connectivity index (χ0) is 14.0. The molecule has 1 heterocycles. The van der Waals surface area contributed by atoms with Gasteiger partial charge in [0.15, 0.2) is 11.6 Å². The molecule has 0 aliphatic heterocycles. The molecule has 19 heavy (non-hydrogen) atoms. The lowest BCUT2D eigenvalue weighted by Gasteiger charge is -2.10. The number of nitriles is 1. The highest BCUT2D eigenvalue weighted by molar-refractivity contribution is 5.47. The van der Waals surface area contributed by atoms with Crippen molar-refractivity contribution >= 4 is 0 Å². The fourth-order valence-electron chi connectivity index (χ4n) is 1.82. The number of benzene rings is 1. The molecule has 4 heteroatoms. The molecule has 1 aromatic heterocycles. The van der Waals surface area contributed by atoms with Gasteiger partial charge in [0.05, 0.1) is 0 Å². The first-order valence-corrected chi connectivity index (χ1v) is 5.84. The van der Waals surface area contributed by atoms with Crippen LogP contribution in [0.15, 0.2) is 24.3 Å². The van der Waals surface area contributed by atoms with Crippen molar-refractivity contribution in [3.63, 3.8) is 0 Å². The fraction of sp³-hybridized carbons (Fsp3) is 0.200. The number of ether oxygens (including phenoxy) is 1. The molecule has 0 spiro atoms. The Labute approximate surface area is 111 Å². The van der Waals surface area contributed by atoms with E-state index in [-0.39, 0.29) is 11.6 Å². The molecule has 0 atom stereocenters. The van der Waals surface area contributed by atoms with Gasteiger partial charge in [0, 0.05) is 5.69 Å². The first kappa shape index (κ1) is 13.0. The van der Waals surface area contributed by atoms with E-state index < -0.39 is 5.82 Å². The van der Waals surface area contributed by atoms with Crippen molar-refractivity contribution in [2.24, 2.45) is 0 Å². The first-order chi connectivity index (χ1) is 9.02. The van der Waals surface area contributed by atoms with Gasteiger partial charge in [-0.1, -0.05) is 12.1 Å². The Morgan fingerprint density at radius 1 is 1.21 bits per heavy atom. The summed E-state index contributed by atoms with van der Waals surface area (Å²) < 4.78 is 19.4. The molecule has 3 nitrogen and oxygen atoms in total. The van der Waals surface area contributed by atoms with Crippen LogP contribution in [-0.4, -0.2) is 4.98 Å². The Morgan fingerprint density at radius 2 is 1.95 bits per heavy atom. The van der Waals surface area contributed by atoms with Crippen LogP contribution >= 0.6 is 0 Å². The van der Waals surface area contributed by atoms with Gasteiger partial charge in [-0.25, -0.2) is 9.37 Å². The van der Waals surface area contributed by atoms with Gasteiger partial charge in [0.25, 0.3) is 0 Å². The minimum absolute atomic E-state index is 0.0778. The Hall–Kier alpha value is -2.41. The molecule has 1 aromatic carbocycles. The molecule has 0 saturated heterocycles. The Balaban J connectivity index is 2.50. The third kappa shape index (κ3) is 2.55. The van der Waals surface area contributed by atoms with Gasteiger partial charge < -0.3 is 4.74 Å². The second kappa shape index (κ2) is 5.07. The van der Waals surface area contributed by atoms with E-state index in [9.17, 15) is 4.39 Å². The maximum Gasteiger partial charge on any atom is 0.237 e. The summed E-state index contributed by atoms with van der Waals surface area (Å²) in [7, 11) is 0. The van der Waals surface area contributed by atoms with Crippen LogP contribution in [0, 0.1) is 37.9 Å². The summed E-state index contributed by atoms with van der Waals surface area (Å²) >= 11 is 0. The minimum Gasteiger partial charge on any atom is -0.435 e. The number of hydrogen-bond acceptors (Lipinski definition) is 3. The summed E-state index contributed by atoms with van der Waals surface area (Å²) in [6, 6.07) is 8.69. The van der Waals surface area contributed by atoms with E-state index in [1.807, 2.05) is 6.07 Å². The molecule has 0 bridgehead atoms. The van der Waals surface area contributed by atoms with Crippen LogP contribution in [0.5, 0.6) is 11.6 Å². The fourth-order valence-corrected chi connectivity index (χ4v) is 1.82. The summed E-state index contributed by atoms with van der Waals surface area (Å²) in [6.07, 6.45) is 0. The van der Waals surface area contributed by atoms with Gasteiger partial charge in [-0.15, -0.1) is 0 Å². The number of aryl methyl sites for hydroxylation is 3. The Bertz CT molecular complexity index is 675. The quantitative estimate of drug-likeness (QED) is 0.820. The summed E-state index contributed by atoms with van der Waals surface area (Å²) in [5.41, 5.74) is 2.30. The largest absolute Gasteiger partial charge is 0.435 e. The first-order valence-electron chi connectivity index (χ1n) is 5.84. The average molecular weight is 256 g/mol. The normalized spacial score (nSPS) is 10.1. The van der Waals surface area contributed by atoms with Gasteiger partial charge in [-0.2, -0.15) is 5.26 Å². The smallest absolute Gasteiger partial charge is 0.237 e. The Kier molecular flexibility index (Phi) is 3.48. The minimum atomic E-state index is -0.438. The van der Waals surface area contributed by atoms with Crippen LogP contribution in [0.25, 0.3) is 0 Å². The highest BCUT2D eigenvalue weighted by atomic mass is 19.1. The molecule has 0 N–H and O–H groups in total. The van der Waals surface area contributed by atoms with E-state index in [4.69, 9.17) is 10.00 Å². The standard InChI is InChI=1S/C15H13FN2O/c1-9-5-4-6-13(14(9)16)19-15-12(8-17)10(2)7-11(3)18-15/h4-7H,1-3H3. The second-order valence-electron chi connectivity index (χ2n) is 4.36. The molecule has 0 unspecified atom stereocenters. The van der Waals surface area contributed by atoms with Gasteiger partial charge in [-0.3, -0.25) is 0 Å². The van der Waals surface area contributed by atoms with Crippen molar-refractivity contribution < 1.29 is 9.13 Å². The molecule has 2 rings (SSSR count). The predicted octanol–water partition coefficient (Wildman–Crippen LogP) is 3.81. The lowest BCUT2D eigenvalue weighted by molar-refractivity contribution is 0.423. The Morgan fingerprint density at radius 3 is 2.63 bits per heavy atom. The summed E-state index contributed by atoms with van der Waals surface area (Å²) in [4.78, 5) is 4.16. The van der Waals surface area contributed by atoms with Crippen molar-refractivity contribution in [1.29, 1.82) is 5.26 Å². The number of halogens is 1. The van der Waals surface area contributed by atoms with Crippen molar-refractivity contribution in [2.45, 2.75) is 20.8 Å². The maximum absolute atomic E-state index is 13.9. The summed E-state index contributed by atoms with van der Waals surface area (Å²) in [5.74, 6) is -0.217. The average Bonchev–Trinajstić information content (AvgIpc) is 2.34. The van der Waals surface area contributed by atoms with Crippen molar-refractivity contribution in [2.75, 3.05) is 0 Å². The van der Waals surface area contributed by atoms with Crippen molar-refractivity contribution in [3.05, 3.63) is 52.5 Å². The summed E-state index contributed by atoms with van der Waals surface area (Å²) in [6.45, 7) is 5.25. The number of pyridine rings is 1. The predicted molar refractivity (Wildman–Crippen MR) is 69.6 cm³/mol. The molecule has 2 aromatic rings. The molecule has 0 aliphatic rings. The third-order valence-electron chi connectivity index (χ3n) is 2.79. The van der Waals surface area contributed by atoms with E-state index in [0.29, 0.717) is 11.1 Å². The van der Waals surface area contributed by atoms with Crippen molar-refractivity contribution in [3.8, 4) is 17.7 Å². The van der Waals surface area contributed by atoms with Gasteiger partial charge in [0.2, 0.25) is 5.88 Å². The van der Waals surface area contributed by atoms with E-state index in [1.165, 1.54) is 6.07 Å². The zero-order valence-electron chi connectivity index (χ0n) is 11.0. The van der Waals surface area contributed by atoms with Gasteiger partial charge in [-0.05, 0) is 44.0 Å². The molecule has 0 radical (unpaired) electrons. The third-order valence-corrected chi connectivity index (χ3v) is 2.79. The lowest BCUT2D eigenvalue weighted by Crippen LogP contribution is -1.98. The molecule has 0 fully saturated rings. The van der Waals surface area contributed by atoms with E-state index >= 15 is 0 Å². The number of aromatic nitrogens is 1. The van der Waals surface area contributed by atoms with Gasteiger partial charge >= 0.3 is 0 Å². The van der Waals surface area contributed by atoms with E-state index in [0.717, 1.165) is 11.3 Å². The van der Waals surface area contributed by atoms with Crippen LogP contribution in [0.4, 0.5) is 4.39 Å². The van der Waals surface area contributed by atoms with Crippen LogP contribution in [0.3, 0.4) is 0 Å². The van der Waals surface area contributed by atoms with Gasteiger partial charge in [0.1, 0.15) is 11.6 Å². The number of hydrogen-bond donors (Lipinski definition) is 0. The molecule has 0 aliphatic carbocycles. The van der Waals surface area contributed by atoms with Crippen molar-refractivity contribution in [1.82, 2.24) is 4.98 Å². The van der Waals surface area contributed by atoms with Crippen LogP contribution in [0.2, 0.25) is 0 Å². The number of nitrogens with zero attached hydrogens (tertiary/aromatic N) is 2. The second-order valence-corrected chi connectivity index (χ2v) is 4.36. The van der Waals surface area contributed by atoms with Crippen LogP contribution in [0.1, 0.15) is 22.4 Å². The summed E-state index contributed by atoms with van der Waals surface area (Å²) in [5, 5.41) is 9.13. The highest BCUT2D eigenvalue weighted by Crippen LogP contribution is 2.28. The number of rotatable bonds is 2. The lowest BCUT2D eigenvalue weighted by atomic mass is 10.1. The van der Waals surface area contributed by atoms with E-state index in [1.54, 1.807) is 39.0 Å². The van der Waals surface area contributed by atoms with Crippen LogP contribution in [-0.2, 0) is 0 Å². The SMILES string of the molecule is Cc1cc(C)c(C#N)c(Oc2cccc(C)c2F)n1. The monoisotopic (exact) mass is 256 g/mol. The van der Waals surface area contributed by atoms with E-state index in [2.05, 4.69) is 4.98 Å². The molecular formula is C15H13FN2O. The molecule has 0 amide bonds. The molecule has 0 saturated carbocycles. The maximum atomic E-state index is 13.9.